The molecule has 0 fully saturated rings. The van der Waals surface area contributed by atoms with Crippen LogP contribution in [-0.2, 0) is 4.74 Å². The molecule has 0 heterocycles. The van der Waals surface area contributed by atoms with Crippen molar-refractivity contribution in [3.8, 4) is 0 Å². The van der Waals surface area contributed by atoms with Gasteiger partial charge in [0, 0.05) is 6.61 Å². The summed E-state index contributed by atoms with van der Waals surface area (Å²) in [6.07, 6.45) is 22.9. The Kier molecular flexibility index (Phi) is 19.0. The summed E-state index contributed by atoms with van der Waals surface area (Å²) in [6.45, 7) is 7.58. The summed E-state index contributed by atoms with van der Waals surface area (Å²) in [5, 5.41) is 0. The van der Waals surface area contributed by atoms with Crippen molar-refractivity contribution in [2.75, 3.05) is 6.61 Å². The summed E-state index contributed by atoms with van der Waals surface area (Å²) in [6, 6.07) is 0. The van der Waals surface area contributed by atoms with E-state index in [0.29, 0.717) is 6.10 Å². The second-order valence-corrected chi connectivity index (χ2v) is 6.90. The van der Waals surface area contributed by atoms with Crippen LogP contribution in [0.25, 0.3) is 0 Å². The maximum absolute atomic E-state index is 5.88. The van der Waals surface area contributed by atoms with Gasteiger partial charge in [0.1, 0.15) is 0 Å². The monoisotopic (exact) mass is 312 g/mol. The fraction of sp³-hybridized carbons (Fsp3) is 1.00. The van der Waals surface area contributed by atoms with Gasteiger partial charge in [-0.25, -0.2) is 0 Å². The second-order valence-electron chi connectivity index (χ2n) is 6.90. The lowest BCUT2D eigenvalue weighted by atomic mass is 10.0. The number of ether oxygens (including phenoxy) is 1. The third kappa shape index (κ3) is 16.3. The molecule has 134 valence electrons. The largest absolute Gasteiger partial charge is 0.379 e. The minimum Gasteiger partial charge on any atom is -0.379 e. The molecule has 0 aromatic carbocycles. The van der Waals surface area contributed by atoms with Crippen molar-refractivity contribution in [3.63, 3.8) is 0 Å². The van der Waals surface area contributed by atoms with Gasteiger partial charge >= 0.3 is 0 Å². The Hall–Kier alpha value is -0.0400. The zero-order valence-electron chi connectivity index (χ0n) is 16.0. The molecule has 1 heteroatoms. The molecular weight excluding hydrogens is 268 g/mol. The van der Waals surface area contributed by atoms with Crippen LogP contribution in [0.5, 0.6) is 0 Å². The van der Waals surface area contributed by atoms with Crippen molar-refractivity contribution in [2.24, 2.45) is 0 Å². The van der Waals surface area contributed by atoms with Crippen LogP contribution in [0.1, 0.15) is 124 Å². The molecule has 0 N–H and O–H groups in total. The van der Waals surface area contributed by atoms with Gasteiger partial charge in [0.2, 0.25) is 0 Å². The standard InChI is InChI=1S/C21H44O/c1-4-7-9-10-11-12-13-14-15-16-18-20-21(22-6-3)19-17-8-5-2/h21H,4-20H2,1-3H3. The van der Waals surface area contributed by atoms with E-state index in [1.807, 2.05) is 0 Å². The van der Waals surface area contributed by atoms with Crippen molar-refractivity contribution in [3.05, 3.63) is 0 Å². The molecular formula is C21H44O. The third-order valence-electron chi connectivity index (χ3n) is 4.66. The Morgan fingerprint density at radius 3 is 1.32 bits per heavy atom. The van der Waals surface area contributed by atoms with E-state index in [0.717, 1.165) is 6.61 Å². The van der Waals surface area contributed by atoms with Crippen molar-refractivity contribution >= 4 is 0 Å². The van der Waals surface area contributed by atoms with E-state index in [9.17, 15) is 0 Å². The second kappa shape index (κ2) is 19.0. The van der Waals surface area contributed by atoms with Gasteiger partial charge in [-0.2, -0.15) is 0 Å². The molecule has 0 aliphatic rings. The predicted octanol–water partition coefficient (Wildman–Crippen LogP) is 7.67. The Morgan fingerprint density at radius 1 is 0.500 bits per heavy atom. The molecule has 22 heavy (non-hydrogen) atoms. The molecule has 0 spiro atoms. The van der Waals surface area contributed by atoms with Gasteiger partial charge in [-0.15, -0.1) is 0 Å². The fourth-order valence-electron chi connectivity index (χ4n) is 3.20. The summed E-state index contributed by atoms with van der Waals surface area (Å²) >= 11 is 0. The third-order valence-corrected chi connectivity index (χ3v) is 4.66. The zero-order chi connectivity index (χ0) is 16.3. The highest BCUT2D eigenvalue weighted by molar-refractivity contribution is 4.59. The molecule has 1 nitrogen and oxygen atoms in total. The highest BCUT2D eigenvalue weighted by Crippen LogP contribution is 2.16. The van der Waals surface area contributed by atoms with Gasteiger partial charge in [0.05, 0.1) is 6.10 Å². The highest BCUT2D eigenvalue weighted by Gasteiger charge is 2.07. The van der Waals surface area contributed by atoms with E-state index in [1.54, 1.807) is 0 Å². The van der Waals surface area contributed by atoms with Gasteiger partial charge in [-0.05, 0) is 19.8 Å². The maximum atomic E-state index is 5.88. The normalized spacial score (nSPS) is 12.7. The van der Waals surface area contributed by atoms with Gasteiger partial charge < -0.3 is 4.74 Å². The maximum Gasteiger partial charge on any atom is 0.0575 e. The predicted molar refractivity (Wildman–Crippen MR) is 101 cm³/mol. The molecule has 0 aliphatic heterocycles. The summed E-state index contributed by atoms with van der Waals surface area (Å²) in [4.78, 5) is 0. The summed E-state index contributed by atoms with van der Waals surface area (Å²) < 4.78 is 5.88. The lowest BCUT2D eigenvalue weighted by molar-refractivity contribution is 0.0471. The first kappa shape index (κ1) is 22.0. The molecule has 0 rings (SSSR count). The van der Waals surface area contributed by atoms with Crippen molar-refractivity contribution in [1.82, 2.24) is 0 Å². The number of rotatable bonds is 18. The Labute approximate surface area is 141 Å². The van der Waals surface area contributed by atoms with Gasteiger partial charge in [-0.3, -0.25) is 0 Å². The van der Waals surface area contributed by atoms with E-state index in [2.05, 4.69) is 20.8 Å². The molecule has 1 atom stereocenters. The summed E-state index contributed by atoms with van der Waals surface area (Å²) in [5.74, 6) is 0. The SMILES string of the molecule is CCCCCCCCCCCCCC(CCCCC)OCC. The molecule has 1 unspecified atom stereocenters. The van der Waals surface area contributed by atoms with E-state index < -0.39 is 0 Å². The first-order chi connectivity index (χ1) is 10.8. The first-order valence-corrected chi connectivity index (χ1v) is 10.5. The first-order valence-electron chi connectivity index (χ1n) is 10.5. The Morgan fingerprint density at radius 2 is 0.864 bits per heavy atom. The molecule has 0 saturated carbocycles. The average Bonchev–Trinajstić information content (AvgIpc) is 2.52. The zero-order valence-corrected chi connectivity index (χ0v) is 16.0. The van der Waals surface area contributed by atoms with Crippen LogP contribution >= 0.6 is 0 Å². The van der Waals surface area contributed by atoms with E-state index >= 15 is 0 Å². The average molecular weight is 313 g/mol. The quantitative estimate of drug-likeness (QED) is 0.236. The van der Waals surface area contributed by atoms with Crippen LogP contribution in [0, 0.1) is 0 Å². The molecule has 0 aromatic rings. The van der Waals surface area contributed by atoms with Crippen LogP contribution in [0.15, 0.2) is 0 Å². The molecule has 0 saturated heterocycles. The van der Waals surface area contributed by atoms with Crippen LogP contribution in [0.3, 0.4) is 0 Å². The molecule has 0 amide bonds. The molecule has 0 bridgehead atoms. The molecule has 0 aromatic heterocycles. The van der Waals surface area contributed by atoms with Crippen LogP contribution in [0.2, 0.25) is 0 Å². The van der Waals surface area contributed by atoms with Crippen molar-refractivity contribution < 1.29 is 4.74 Å². The van der Waals surface area contributed by atoms with Crippen LogP contribution in [0.4, 0.5) is 0 Å². The highest BCUT2D eigenvalue weighted by atomic mass is 16.5. The van der Waals surface area contributed by atoms with Gasteiger partial charge in [0.15, 0.2) is 0 Å². The lowest BCUT2D eigenvalue weighted by Gasteiger charge is -2.16. The van der Waals surface area contributed by atoms with E-state index in [4.69, 9.17) is 4.74 Å². The summed E-state index contributed by atoms with van der Waals surface area (Å²) in [7, 11) is 0. The topological polar surface area (TPSA) is 9.23 Å². The number of hydrogen-bond acceptors (Lipinski definition) is 1. The molecule has 0 radical (unpaired) electrons. The lowest BCUT2D eigenvalue weighted by Crippen LogP contribution is -2.12. The number of hydrogen-bond donors (Lipinski definition) is 0. The molecule has 0 aliphatic carbocycles. The Balaban J connectivity index is 3.30. The van der Waals surface area contributed by atoms with Crippen LogP contribution in [-0.4, -0.2) is 12.7 Å². The minimum atomic E-state index is 0.537. The van der Waals surface area contributed by atoms with Crippen molar-refractivity contribution in [2.45, 2.75) is 130 Å². The fourth-order valence-corrected chi connectivity index (χ4v) is 3.20. The summed E-state index contributed by atoms with van der Waals surface area (Å²) in [5.41, 5.74) is 0. The van der Waals surface area contributed by atoms with E-state index in [1.165, 1.54) is 103 Å². The van der Waals surface area contributed by atoms with Crippen molar-refractivity contribution in [1.29, 1.82) is 0 Å². The van der Waals surface area contributed by atoms with Crippen LogP contribution < -0.4 is 0 Å². The van der Waals surface area contributed by atoms with Gasteiger partial charge in [-0.1, -0.05) is 104 Å². The Bertz CT molecular complexity index is 190. The van der Waals surface area contributed by atoms with Gasteiger partial charge in [0.25, 0.3) is 0 Å². The number of unbranched alkanes of at least 4 members (excludes halogenated alkanes) is 12. The minimum absolute atomic E-state index is 0.537. The smallest absolute Gasteiger partial charge is 0.0575 e. The van der Waals surface area contributed by atoms with E-state index in [-0.39, 0.29) is 0 Å².